The highest BCUT2D eigenvalue weighted by Gasteiger charge is 2.23. The van der Waals surface area contributed by atoms with E-state index in [-0.39, 0.29) is 0 Å². The molecule has 0 saturated carbocycles. The van der Waals surface area contributed by atoms with E-state index in [1.807, 2.05) is 0 Å². The number of hydrogen-bond acceptors (Lipinski definition) is 3. The Morgan fingerprint density at radius 2 is 2.06 bits per heavy atom. The van der Waals surface area contributed by atoms with Gasteiger partial charge in [-0.2, -0.15) is 0 Å². The van der Waals surface area contributed by atoms with Gasteiger partial charge >= 0.3 is 0 Å². The van der Waals surface area contributed by atoms with E-state index >= 15 is 0 Å². The normalized spacial score (nSPS) is 25.1. The second-order valence-corrected chi connectivity index (χ2v) is 5.57. The molecule has 1 fully saturated rings. The molecule has 1 saturated heterocycles. The molecule has 1 aliphatic rings. The van der Waals surface area contributed by atoms with E-state index in [4.69, 9.17) is 0 Å². The van der Waals surface area contributed by atoms with Crippen molar-refractivity contribution >= 4 is 0 Å². The number of rotatable bonds is 7. The standard InChI is InChI=1S/C14H31N3/c1-5-8-15-9-6-7-13(2)17-11-10-16(4)14(3)12-17/h13-15H,5-12H2,1-4H3. The Labute approximate surface area is 108 Å². The molecule has 3 nitrogen and oxygen atoms in total. The van der Waals surface area contributed by atoms with Crippen LogP contribution in [0, 0.1) is 0 Å². The highest BCUT2D eigenvalue weighted by molar-refractivity contribution is 4.80. The Hall–Kier alpha value is -0.120. The third kappa shape index (κ3) is 5.36. The Morgan fingerprint density at radius 1 is 1.29 bits per heavy atom. The largest absolute Gasteiger partial charge is 0.317 e. The van der Waals surface area contributed by atoms with Crippen molar-refractivity contribution in [2.24, 2.45) is 0 Å². The van der Waals surface area contributed by atoms with E-state index in [1.165, 1.54) is 52.0 Å². The van der Waals surface area contributed by atoms with Crippen LogP contribution in [0.1, 0.15) is 40.0 Å². The summed E-state index contributed by atoms with van der Waals surface area (Å²) in [6, 6.07) is 1.46. The van der Waals surface area contributed by atoms with E-state index in [0.717, 1.165) is 6.04 Å². The highest BCUT2D eigenvalue weighted by Crippen LogP contribution is 2.13. The van der Waals surface area contributed by atoms with E-state index in [1.54, 1.807) is 0 Å². The number of nitrogens with one attached hydrogen (secondary N) is 1. The topological polar surface area (TPSA) is 18.5 Å². The first-order valence-electron chi connectivity index (χ1n) is 7.30. The molecule has 0 spiro atoms. The summed E-state index contributed by atoms with van der Waals surface area (Å²) in [4.78, 5) is 5.12. The first-order valence-corrected chi connectivity index (χ1v) is 7.30. The molecule has 0 aromatic rings. The van der Waals surface area contributed by atoms with E-state index in [0.29, 0.717) is 6.04 Å². The van der Waals surface area contributed by atoms with Gasteiger partial charge in [0.1, 0.15) is 0 Å². The van der Waals surface area contributed by atoms with Crippen molar-refractivity contribution in [1.82, 2.24) is 15.1 Å². The molecule has 1 N–H and O–H groups in total. The minimum absolute atomic E-state index is 0.712. The molecule has 1 aliphatic heterocycles. The molecule has 17 heavy (non-hydrogen) atoms. The average molecular weight is 241 g/mol. The summed E-state index contributed by atoms with van der Waals surface area (Å²) < 4.78 is 0. The predicted molar refractivity (Wildman–Crippen MR) is 75.5 cm³/mol. The van der Waals surface area contributed by atoms with Crippen LogP contribution in [0.25, 0.3) is 0 Å². The zero-order chi connectivity index (χ0) is 12.7. The SMILES string of the molecule is CCCNCCCC(C)N1CCN(C)C(C)C1. The number of piperazine rings is 1. The smallest absolute Gasteiger partial charge is 0.0192 e. The van der Waals surface area contributed by atoms with Crippen LogP contribution in [0.2, 0.25) is 0 Å². The van der Waals surface area contributed by atoms with Crippen LogP contribution in [-0.4, -0.2) is 61.7 Å². The van der Waals surface area contributed by atoms with Crippen molar-refractivity contribution in [2.45, 2.75) is 52.1 Å². The molecule has 0 aromatic heterocycles. The van der Waals surface area contributed by atoms with Gasteiger partial charge in [-0.15, -0.1) is 0 Å². The lowest BCUT2D eigenvalue weighted by Crippen LogP contribution is -2.52. The number of hydrogen-bond donors (Lipinski definition) is 1. The molecule has 2 unspecified atom stereocenters. The van der Waals surface area contributed by atoms with Crippen LogP contribution in [0.3, 0.4) is 0 Å². The molecule has 2 atom stereocenters. The Bertz CT molecular complexity index is 196. The van der Waals surface area contributed by atoms with Crippen molar-refractivity contribution in [3.05, 3.63) is 0 Å². The summed E-state index contributed by atoms with van der Waals surface area (Å²) in [5.74, 6) is 0. The molecule has 0 amide bonds. The summed E-state index contributed by atoms with van der Waals surface area (Å²) in [5.41, 5.74) is 0. The predicted octanol–water partition coefficient (Wildman–Crippen LogP) is 1.79. The molecule has 0 aliphatic carbocycles. The number of nitrogens with zero attached hydrogens (tertiary/aromatic N) is 2. The fraction of sp³-hybridized carbons (Fsp3) is 1.00. The summed E-state index contributed by atoms with van der Waals surface area (Å²) in [7, 11) is 2.24. The van der Waals surface area contributed by atoms with E-state index in [9.17, 15) is 0 Å². The molecule has 3 heteroatoms. The zero-order valence-electron chi connectivity index (χ0n) is 12.2. The minimum Gasteiger partial charge on any atom is -0.317 e. The van der Waals surface area contributed by atoms with Crippen molar-refractivity contribution < 1.29 is 0 Å². The molecule has 0 bridgehead atoms. The average Bonchev–Trinajstić information content (AvgIpc) is 2.32. The lowest BCUT2D eigenvalue weighted by molar-refractivity contribution is 0.0740. The monoisotopic (exact) mass is 241 g/mol. The second kappa shape index (κ2) is 8.06. The van der Waals surface area contributed by atoms with Crippen LogP contribution in [0.5, 0.6) is 0 Å². The van der Waals surface area contributed by atoms with Gasteiger partial charge in [0.25, 0.3) is 0 Å². The molecular weight excluding hydrogens is 210 g/mol. The third-order valence-corrected chi connectivity index (χ3v) is 4.02. The number of likely N-dealkylation sites (N-methyl/N-ethyl adjacent to an activating group) is 1. The first-order chi connectivity index (χ1) is 8.15. The van der Waals surface area contributed by atoms with Gasteiger partial charge < -0.3 is 10.2 Å². The summed E-state index contributed by atoms with van der Waals surface area (Å²) in [5, 5.41) is 3.48. The van der Waals surface area contributed by atoms with E-state index < -0.39 is 0 Å². The Morgan fingerprint density at radius 3 is 2.71 bits per heavy atom. The van der Waals surface area contributed by atoms with E-state index in [2.05, 4.69) is 42.9 Å². The van der Waals surface area contributed by atoms with Gasteiger partial charge in [-0.25, -0.2) is 0 Å². The lowest BCUT2D eigenvalue weighted by atomic mass is 10.1. The second-order valence-electron chi connectivity index (χ2n) is 5.57. The van der Waals surface area contributed by atoms with Gasteiger partial charge in [0, 0.05) is 31.7 Å². The van der Waals surface area contributed by atoms with Crippen molar-refractivity contribution in [1.29, 1.82) is 0 Å². The quantitative estimate of drug-likeness (QED) is 0.686. The Balaban J connectivity index is 2.12. The van der Waals surface area contributed by atoms with Crippen molar-refractivity contribution in [2.75, 3.05) is 39.8 Å². The third-order valence-electron chi connectivity index (χ3n) is 4.02. The molecule has 1 heterocycles. The minimum atomic E-state index is 0.712. The first kappa shape index (κ1) is 14.9. The maximum Gasteiger partial charge on any atom is 0.0192 e. The fourth-order valence-electron chi connectivity index (χ4n) is 2.48. The molecule has 0 aromatic carbocycles. The van der Waals surface area contributed by atoms with Gasteiger partial charge in [0.15, 0.2) is 0 Å². The Kier molecular flexibility index (Phi) is 7.09. The van der Waals surface area contributed by atoms with Gasteiger partial charge in [-0.05, 0) is 53.2 Å². The molecule has 0 radical (unpaired) electrons. The summed E-state index contributed by atoms with van der Waals surface area (Å²) >= 11 is 0. The van der Waals surface area contributed by atoms with Crippen LogP contribution in [-0.2, 0) is 0 Å². The summed E-state index contributed by atoms with van der Waals surface area (Å²) in [6.45, 7) is 13.0. The van der Waals surface area contributed by atoms with Crippen LogP contribution in [0.4, 0.5) is 0 Å². The zero-order valence-corrected chi connectivity index (χ0v) is 12.2. The van der Waals surface area contributed by atoms with Crippen LogP contribution in [0.15, 0.2) is 0 Å². The fourth-order valence-corrected chi connectivity index (χ4v) is 2.48. The lowest BCUT2D eigenvalue weighted by Gasteiger charge is -2.40. The van der Waals surface area contributed by atoms with Gasteiger partial charge in [-0.1, -0.05) is 6.92 Å². The molecule has 102 valence electrons. The van der Waals surface area contributed by atoms with Crippen LogP contribution >= 0.6 is 0 Å². The summed E-state index contributed by atoms with van der Waals surface area (Å²) in [6.07, 6.45) is 3.88. The van der Waals surface area contributed by atoms with Crippen LogP contribution < -0.4 is 5.32 Å². The maximum atomic E-state index is 3.48. The van der Waals surface area contributed by atoms with Crippen molar-refractivity contribution in [3.8, 4) is 0 Å². The molecular formula is C14H31N3. The molecule has 1 rings (SSSR count). The van der Waals surface area contributed by atoms with Gasteiger partial charge in [-0.3, -0.25) is 4.90 Å². The van der Waals surface area contributed by atoms with Crippen molar-refractivity contribution in [3.63, 3.8) is 0 Å². The highest BCUT2D eigenvalue weighted by atomic mass is 15.3. The van der Waals surface area contributed by atoms with Gasteiger partial charge in [0.05, 0.1) is 0 Å². The maximum absolute atomic E-state index is 3.48. The van der Waals surface area contributed by atoms with Gasteiger partial charge in [0.2, 0.25) is 0 Å².